The average molecular weight is 326 g/mol. The van der Waals surface area contributed by atoms with Crippen LogP contribution in [0.15, 0.2) is 48.5 Å². The Morgan fingerprint density at radius 1 is 1.08 bits per heavy atom. The van der Waals surface area contributed by atoms with Crippen molar-refractivity contribution in [3.8, 4) is 5.75 Å². The number of amides is 1. The molecule has 0 spiro atoms. The van der Waals surface area contributed by atoms with Crippen LogP contribution in [-0.4, -0.2) is 19.6 Å². The summed E-state index contributed by atoms with van der Waals surface area (Å²) in [5.41, 5.74) is 3.14. The smallest absolute Gasteiger partial charge is 0.239 e. The predicted octanol–water partition coefficient (Wildman–Crippen LogP) is 3.72. The molecule has 128 valence electrons. The highest BCUT2D eigenvalue weighted by Crippen LogP contribution is 2.31. The van der Waals surface area contributed by atoms with Gasteiger partial charge in [0, 0.05) is 6.54 Å². The second kappa shape index (κ2) is 7.86. The third kappa shape index (κ3) is 5.01. The lowest BCUT2D eigenvalue weighted by atomic mass is 9.87. The van der Waals surface area contributed by atoms with Crippen LogP contribution in [0.2, 0.25) is 0 Å². The van der Waals surface area contributed by atoms with Crippen molar-refractivity contribution in [2.45, 2.75) is 32.7 Å². The van der Waals surface area contributed by atoms with Crippen molar-refractivity contribution in [3.63, 3.8) is 0 Å². The molecule has 0 fully saturated rings. The van der Waals surface area contributed by atoms with Crippen molar-refractivity contribution in [3.05, 3.63) is 59.7 Å². The summed E-state index contributed by atoms with van der Waals surface area (Å²) in [6.45, 7) is 7.21. The molecule has 4 heteroatoms. The highest BCUT2D eigenvalue weighted by molar-refractivity contribution is 5.81. The van der Waals surface area contributed by atoms with Crippen LogP contribution in [-0.2, 0) is 16.8 Å². The molecule has 2 rings (SSSR count). The Labute approximate surface area is 144 Å². The molecular formula is C20H26N2O2. The molecule has 2 aromatic carbocycles. The minimum absolute atomic E-state index is 0.0400. The molecule has 0 atom stereocenters. The Kier molecular flexibility index (Phi) is 5.85. The van der Waals surface area contributed by atoms with Crippen LogP contribution in [0.3, 0.4) is 0 Å². The van der Waals surface area contributed by atoms with E-state index in [0.717, 1.165) is 17.0 Å². The first-order valence-corrected chi connectivity index (χ1v) is 8.13. The van der Waals surface area contributed by atoms with Crippen LogP contribution in [0.5, 0.6) is 5.75 Å². The van der Waals surface area contributed by atoms with Crippen molar-refractivity contribution in [1.82, 2.24) is 5.32 Å². The lowest BCUT2D eigenvalue weighted by Gasteiger charge is -2.21. The number of anilines is 1. The Morgan fingerprint density at radius 2 is 1.79 bits per heavy atom. The van der Waals surface area contributed by atoms with E-state index < -0.39 is 0 Å². The average Bonchev–Trinajstić information content (AvgIpc) is 2.58. The van der Waals surface area contributed by atoms with Crippen LogP contribution in [0.1, 0.15) is 31.9 Å². The van der Waals surface area contributed by atoms with Gasteiger partial charge in [0.1, 0.15) is 5.75 Å². The fourth-order valence-electron chi connectivity index (χ4n) is 2.35. The van der Waals surface area contributed by atoms with Gasteiger partial charge in [-0.2, -0.15) is 0 Å². The molecule has 24 heavy (non-hydrogen) atoms. The topological polar surface area (TPSA) is 50.4 Å². The molecule has 1 amide bonds. The molecule has 0 heterocycles. The van der Waals surface area contributed by atoms with Gasteiger partial charge in [-0.25, -0.2) is 0 Å². The largest absolute Gasteiger partial charge is 0.495 e. The molecule has 0 aliphatic heterocycles. The zero-order chi connectivity index (χ0) is 17.6. The molecule has 0 aliphatic rings. The second-order valence-corrected chi connectivity index (χ2v) is 6.78. The standard InChI is InChI=1S/C20H26N2O2/c1-20(2,3)16-10-11-18(24-4)17(12-16)21-14-19(23)22-13-15-8-6-5-7-9-15/h5-12,21H,13-14H2,1-4H3,(H,22,23). The predicted molar refractivity (Wildman–Crippen MR) is 98.5 cm³/mol. The van der Waals surface area contributed by atoms with Crippen LogP contribution in [0, 0.1) is 0 Å². The molecular weight excluding hydrogens is 300 g/mol. The first kappa shape index (κ1) is 17.9. The number of carbonyl (C=O) groups is 1. The number of nitrogens with one attached hydrogen (secondary N) is 2. The van der Waals surface area contributed by atoms with Gasteiger partial charge >= 0.3 is 0 Å². The molecule has 0 aromatic heterocycles. The SMILES string of the molecule is COc1ccc(C(C)(C)C)cc1NCC(=O)NCc1ccccc1. The molecule has 4 nitrogen and oxygen atoms in total. The van der Waals surface area contributed by atoms with Gasteiger partial charge in [0.15, 0.2) is 0 Å². The molecule has 0 saturated heterocycles. The molecule has 2 N–H and O–H groups in total. The number of carbonyl (C=O) groups excluding carboxylic acids is 1. The minimum atomic E-state index is -0.0536. The van der Waals surface area contributed by atoms with Crippen molar-refractivity contribution in [1.29, 1.82) is 0 Å². The number of rotatable bonds is 6. The van der Waals surface area contributed by atoms with E-state index in [9.17, 15) is 4.79 Å². The van der Waals surface area contributed by atoms with E-state index >= 15 is 0 Å². The van der Waals surface area contributed by atoms with Gasteiger partial charge < -0.3 is 15.4 Å². The maximum Gasteiger partial charge on any atom is 0.239 e. The van der Waals surface area contributed by atoms with Gasteiger partial charge in [-0.15, -0.1) is 0 Å². The Bertz CT molecular complexity index is 676. The van der Waals surface area contributed by atoms with Crippen molar-refractivity contribution in [2.75, 3.05) is 19.0 Å². The van der Waals surface area contributed by atoms with E-state index in [-0.39, 0.29) is 17.9 Å². The van der Waals surface area contributed by atoms with Crippen molar-refractivity contribution >= 4 is 11.6 Å². The van der Waals surface area contributed by atoms with Crippen molar-refractivity contribution < 1.29 is 9.53 Å². The number of hydrogen-bond acceptors (Lipinski definition) is 3. The van der Waals surface area contributed by atoms with Crippen LogP contribution in [0.25, 0.3) is 0 Å². The highest BCUT2D eigenvalue weighted by Gasteiger charge is 2.16. The molecule has 0 saturated carbocycles. The van der Waals surface area contributed by atoms with E-state index in [0.29, 0.717) is 6.54 Å². The normalized spacial score (nSPS) is 11.0. The first-order valence-electron chi connectivity index (χ1n) is 8.13. The van der Waals surface area contributed by atoms with Crippen molar-refractivity contribution in [2.24, 2.45) is 0 Å². The Hall–Kier alpha value is -2.49. The summed E-state index contributed by atoms with van der Waals surface area (Å²) in [4.78, 5) is 12.1. The molecule has 0 radical (unpaired) electrons. The van der Waals surface area contributed by atoms with Gasteiger partial charge in [0.2, 0.25) is 5.91 Å². The summed E-state index contributed by atoms with van der Waals surface area (Å²) in [6.07, 6.45) is 0. The molecule has 0 unspecified atom stereocenters. The molecule has 0 aliphatic carbocycles. The number of hydrogen-bond donors (Lipinski definition) is 2. The van der Waals surface area contributed by atoms with Gasteiger partial charge in [-0.3, -0.25) is 4.79 Å². The van der Waals surface area contributed by atoms with Gasteiger partial charge in [0.05, 0.1) is 19.3 Å². The summed E-state index contributed by atoms with van der Waals surface area (Å²) in [5, 5.41) is 6.08. The number of methoxy groups -OCH3 is 1. The number of benzene rings is 2. The summed E-state index contributed by atoms with van der Waals surface area (Å²) < 4.78 is 5.38. The molecule has 2 aromatic rings. The lowest BCUT2D eigenvalue weighted by Crippen LogP contribution is -2.29. The second-order valence-electron chi connectivity index (χ2n) is 6.78. The van der Waals surface area contributed by atoms with E-state index in [1.165, 1.54) is 5.56 Å². The van der Waals surface area contributed by atoms with E-state index in [2.05, 4.69) is 37.5 Å². The summed E-state index contributed by atoms with van der Waals surface area (Å²) in [5.74, 6) is 0.681. The van der Waals surface area contributed by atoms with Crippen LogP contribution < -0.4 is 15.4 Å². The summed E-state index contributed by atoms with van der Waals surface area (Å²) in [6, 6.07) is 15.9. The van der Waals surface area contributed by atoms with Crippen LogP contribution in [0.4, 0.5) is 5.69 Å². The summed E-state index contributed by atoms with van der Waals surface area (Å²) in [7, 11) is 1.63. The fraction of sp³-hybridized carbons (Fsp3) is 0.350. The Morgan fingerprint density at radius 3 is 2.42 bits per heavy atom. The summed E-state index contributed by atoms with van der Waals surface area (Å²) >= 11 is 0. The monoisotopic (exact) mass is 326 g/mol. The van der Waals surface area contributed by atoms with E-state index in [1.54, 1.807) is 7.11 Å². The quantitative estimate of drug-likeness (QED) is 0.850. The van der Waals surface area contributed by atoms with E-state index in [4.69, 9.17) is 4.74 Å². The first-order chi connectivity index (χ1) is 11.4. The third-order valence-electron chi connectivity index (χ3n) is 3.84. The molecule has 0 bridgehead atoms. The zero-order valence-corrected chi connectivity index (χ0v) is 14.8. The van der Waals surface area contributed by atoms with Crippen LogP contribution >= 0.6 is 0 Å². The Balaban J connectivity index is 1.96. The maximum absolute atomic E-state index is 12.1. The third-order valence-corrected chi connectivity index (χ3v) is 3.84. The maximum atomic E-state index is 12.1. The number of ether oxygens (including phenoxy) is 1. The van der Waals surface area contributed by atoms with Gasteiger partial charge in [-0.05, 0) is 28.7 Å². The zero-order valence-electron chi connectivity index (χ0n) is 14.8. The van der Waals surface area contributed by atoms with Gasteiger partial charge in [-0.1, -0.05) is 57.2 Å². The highest BCUT2D eigenvalue weighted by atomic mass is 16.5. The van der Waals surface area contributed by atoms with E-state index in [1.807, 2.05) is 42.5 Å². The van der Waals surface area contributed by atoms with Gasteiger partial charge in [0.25, 0.3) is 0 Å². The lowest BCUT2D eigenvalue weighted by molar-refractivity contribution is -0.119. The fourth-order valence-corrected chi connectivity index (χ4v) is 2.35. The minimum Gasteiger partial charge on any atom is -0.495 e.